The molecule has 28 heavy (non-hydrogen) atoms. The van der Waals surface area contributed by atoms with Gasteiger partial charge in [-0.1, -0.05) is 18.2 Å². The molecule has 1 amide bonds. The van der Waals surface area contributed by atoms with Crippen LogP contribution in [0.4, 0.5) is 18.9 Å². The van der Waals surface area contributed by atoms with Crippen LogP contribution in [0.3, 0.4) is 0 Å². The van der Waals surface area contributed by atoms with Gasteiger partial charge in [0.25, 0.3) is 0 Å². The van der Waals surface area contributed by atoms with Crippen molar-refractivity contribution in [1.82, 2.24) is 14.8 Å². The van der Waals surface area contributed by atoms with Gasteiger partial charge in [0.2, 0.25) is 5.91 Å². The third kappa shape index (κ3) is 5.30. The summed E-state index contributed by atoms with van der Waals surface area (Å²) in [4.78, 5) is 20.8. The first kappa shape index (κ1) is 20.3. The third-order valence-electron chi connectivity index (χ3n) is 4.85. The highest BCUT2D eigenvalue weighted by Gasteiger charge is 2.33. The lowest BCUT2D eigenvalue weighted by atomic mass is 10.1. The Balaban J connectivity index is 1.50. The SMILES string of the molecule is Cc1ncccc1CN1CCN(CC(=O)Nc2ccccc2C(F)(F)F)CC1. The number of para-hydroxylation sites is 1. The Morgan fingerprint density at radius 2 is 1.75 bits per heavy atom. The van der Waals surface area contributed by atoms with Gasteiger partial charge in [-0.25, -0.2) is 0 Å². The van der Waals surface area contributed by atoms with Gasteiger partial charge >= 0.3 is 6.18 Å². The smallest absolute Gasteiger partial charge is 0.324 e. The van der Waals surface area contributed by atoms with Crippen molar-refractivity contribution in [3.63, 3.8) is 0 Å². The van der Waals surface area contributed by atoms with Gasteiger partial charge in [0.15, 0.2) is 0 Å². The van der Waals surface area contributed by atoms with Crippen molar-refractivity contribution in [2.75, 3.05) is 38.0 Å². The minimum Gasteiger partial charge on any atom is -0.324 e. The van der Waals surface area contributed by atoms with Crippen molar-refractivity contribution in [3.8, 4) is 0 Å². The number of aryl methyl sites for hydroxylation is 1. The van der Waals surface area contributed by atoms with Crippen LogP contribution in [0.25, 0.3) is 0 Å². The summed E-state index contributed by atoms with van der Waals surface area (Å²) < 4.78 is 39.1. The molecule has 2 heterocycles. The molecule has 8 heteroatoms. The summed E-state index contributed by atoms with van der Waals surface area (Å²) in [5.74, 6) is -0.437. The van der Waals surface area contributed by atoms with Gasteiger partial charge in [0.05, 0.1) is 17.8 Å². The van der Waals surface area contributed by atoms with Crippen LogP contribution in [-0.2, 0) is 17.5 Å². The van der Waals surface area contributed by atoms with E-state index in [9.17, 15) is 18.0 Å². The second-order valence-electron chi connectivity index (χ2n) is 6.89. The maximum atomic E-state index is 13.0. The molecule has 0 saturated carbocycles. The van der Waals surface area contributed by atoms with E-state index >= 15 is 0 Å². The minimum atomic E-state index is -4.50. The van der Waals surface area contributed by atoms with Gasteiger partial charge in [0.1, 0.15) is 0 Å². The van der Waals surface area contributed by atoms with Crippen LogP contribution in [0.1, 0.15) is 16.8 Å². The number of benzene rings is 1. The summed E-state index contributed by atoms with van der Waals surface area (Å²) >= 11 is 0. The van der Waals surface area contributed by atoms with Crippen LogP contribution in [-0.4, -0.2) is 53.4 Å². The predicted molar refractivity (Wildman–Crippen MR) is 101 cm³/mol. The van der Waals surface area contributed by atoms with E-state index in [1.807, 2.05) is 17.9 Å². The number of hydrogen-bond donors (Lipinski definition) is 1. The van der Waals surface area contributed by atoms with Gasteiger partial charge < -0.3 is 5.32 Å². The fourth-order valence-electron chi connectivity index (χ4n) is 3.26. The summed E-state index contributed by atoms with van der Waals surface area (Å²) in [5, 5.41) is 2.40. The molecule has 1 N–H and O–H groups in total. The number of hydrogen-bond acceptors (Lipinski definition) is 4. The van der Waals surface area contributed by atoms with Crippen LogP contribution in [0.15, 0.2) is 42.6 Å². The van der Waals surface area contributed by atoms with Crippen LogP contribution in [0, 0.1) is 6.92 Å². The Labute approximate surface area is 162 Å². The minimum absolute atomic E-state index is 0.0753. The van der Waals surface area contributed by atoms with E-state index in [1.165, 1.54) is 23.8 Å². The molecule has 0 aliphatic carbocycles. The van der Waals surface area contributed by atoms with Crippen molar-refractivity contribution in [1.29, 1.82) is 0 Å². The van der Waals surface area contributed by atoms with E-state index in [0.29, 0.717) is 13.1 Å². The molecule has 0 radical (unpaired) electrons. The number of piperazine rings is 1. The van der Waals surface area contributed by atoms with Gasteiger partial charge in [-0.05, 0) is 30.7 Å². The first-order valence-corrected chi connectivity index (χ1v) is 9.14. The van der Waals surface area contributed by atoms with Crippen LogP contribution in [0.2, 0.25) is 0 Å². The van der Waals surface area contributed by atoms with E-state index < -0.39 is 17.6 Å². The number of rotatable bonds is 5. The summed E-state index contributed by atoms with van der Waals surface area (Å²) in [6, 6.07) is 9.00. The number of halogens is 3. The van der Waals surface area contributed by atoms with Crippen molar-refractivity contribution in [2.24, 2.45) is 0 Å². The average molecular weight is 392 g/mol. The zero-order valence-electron chi connectivity index (χ0n) is 15.7. The fourth-order valence-corrected chi connectivity index (χ4v) is 3.26. The molecule has 1 fully saturated rings. The summed E-state index contributed by atoms with van der Waals surface area (Å²) in [6.07, 6.45) is -2.73. The monoisotopic (exact) mass is 392 g/mol. The number of alkyl halides is 3. The van der Waals surface area contributed by atoms with Crippen molar-refractivity contribution < 1.29 is 18.0 Å². The Hall–Kier alpha value is -2.45. The Kier molecular flexibility index (Phi) is 6.31. The van der Waals surface area contributed by atoms with Gasteiger partial charge in [0, 0.05) is 44.6 Å². The Bertz CT molecular complexity index is 817. The highest BCUT2D eigenvalue weighted by atomic mass is 19.4. The second-order valence-corrected chi connectivity index (χ2v) is 6.89. The topological polar surface area (TPSA) is 48.5 Å². The number of aromatic nitrogens is 1. The average Bonchev–Trinajstić information content (AvgIpc) is 2.65. The molecule has 2 aromatic rings. The third-order valence-corrected chi connectivity index (χ3v) is 4.85. The molecule has 3 rings (SSSR count). The molecule has 1 aliphatic rings. The number of amides is 1. The second kappa shape index (κ2) is 8.70. The number of carbonyl (C=O) groups is 1. The quantitative estimate of drug-likeness (QED) is 0.849. The molecular formula is C20H23F3N4O. The number of nitrogens with zero attached hydrogens (tertiary/aromatic N) is 3. The molecule has 0 bridgehead atoms. The molecule has 1 aromatic carbocycles. The maximum absolute atomic E-state index is 13.0. The standard InChI is InChI=1S/C20H23F3N4O/c1-15-16(5-4-8-24-15)13-26-9-11-27(12-10-26)14-19(28)25-18-7-3-2-6-17(18)20(21,22)23/h2-8H,9-14H2,1H3,(H,25,28). The number of anilines is 1. The number of nitrogens with one attached hydrogen (secondary N) is 1. The molecule has 0 unspecified atom stereocenters. The normalized spacial score (nSPS) is 16.1. The molecule has 1 aliphatic heterocycles. The predicted octanol–water partition coefficient (Wildman–Crippen LogP) is 3.17. The highest BCUT2D eigenvalue weighted by Crippen LogP contribution is 2.34. The Morgan fingerprint density at radius 3 is 2.43 bits per heavy atom. The van der Waals surface area contributed by atoms with E-state index in [2.05, 4.69) is 21.3 Å². The van der Waals surface area contributed by atoms with E-state index in [-0.39, 0.29) is 12.2 Å². The van der Waals surface area contributed by atoms with Gasteiger partial charge in [-0.15, -0.1) is 0 Å². The van der Waals surface area contributed by atoms with Crippen LogP contribution >= 0.6 is 0 Å². The zero-order chi connectivity index (χ0) is 20.1. The van der Waals surface area contributed by atoms with Crippen LogP contribution in [0.5, 0.6) is 0 Å². The molecule has 0 atom stereocenters. The molecule has 5 nitrogen and oxygen atoms in total. The summed E-state index contributed by atoms with van der Waals surface area (Å²) in [7, 11) is 0. The lowest BCUT2D eigenvalue weighted by molar-refractivity contribution is -0.137. The number of pyridine rings is 1. The molecular weight excluding hydrogens is 369 g/mol. The largest absolute Gasteiger partial charge is 0.418 e. The lowest BCUT2D eigenvalue weighted by Gasteiger charge is -2.34. The van der Waals surface area contributed by atoms with Gasteiger partial charge in [-0.3, -0.25) is 19.6 Å². The first-order valence-electron chi connectivity index (χ1n) is 9.14. The van der Waals surface area contributed by atoms with Crippen molar-refractivity contribution >= 4 is 11.6 Å². The molecule has 1 aromatic heterocycles. The molecule has 1 saturated heterocycles. The maximum Gasteiger partial charge on any atom is 0.418 e. The molecule has 0 spiro atoms. The lowest BCUT2D eigenvalue weighted by Crippen LogP contribution is -2.48. The molecule has 150 valence electrons. The van der Waals surface area contributed by atoms with E-state index in [1.54, 1.807) is 6.20 Å². The Morgan fingerprint density at radius 1 is 1.07 bits per heavy atom. The van der Waals surface area contributed by atoms with E-state index in [4.69, 9.17) is 0 Å². The van der Waals surface area contributed by atoms with E-state index in [0.717, 1.165) is 31.4 Å². The van der Waals surface area contributed by atoms with Crippen molar-refractivity contribution in [2.45, 2.75) is 19.6 Å². The van der Waals surface area contributed by atoms with Crippen LogP contribution < -0.4 is 5.32 Å². The summed E-state index contributed by atoms with van der Waals surface area (Å²) in [5.41, 5.74) is 1.15. The first-order chi connectivity index (χ1) is 13.3. The number of carbonyl (C=O) groups excluding carboxylic acids is 1. The fraction of sp³-hybridized carbons (Fsp3) is 0.400. The zero-order valence-corrected chi connectivity index (χ0v) is 15.7. The highest BCUT2D eigenvalue weighted by molar-refractivity contribution is 5.93. The van der Waals surface area contributed by atoms with Gasteiger partial charge in [-0.2, -0.15) is 13.2 Å². The summed E-state index contributed by atoms with van der Waals surface area (Å²) in [6.45, 7) is 5.82. The van der Waals surface area contributed by atoms with Crippen molar-refractivity contribution in [3.05, 3.63) is 59.4 Å².